The van der Waals surface area contributed by atoms with Gasteiger partial charge < -0.3 is 5.11 Å². The van der Waals surface area contributed by atoms with Crippen LogP contribution in [0.3, 0.4) is 0 Å². The molecule has 0 atom stereocenters. The van der Waals surface area contributed by atoms with Crippen molar-refractivity contribution >= 4 is 0 Å². The van der Waals surface area contributed by atoms with Crippen LogP contribution in [-0.2, 0) is 6.54 Å². The molecule has 0 fully saturated rings. The van der Waals surface area contributed by atoms with Crippen molar-refractivity contribution in [3.63, 3.8) is 0 Å². The van der Waals surface area contributed by atoms with Crippen LogP contribution in [0.25, 0.3) is 0 Å². The van der Waals surface area contributed by atoms with Gasteiger partial charge in [-0.05, 0) is 18.3 Å². The molecule has 0 aliphatic rings. The van der Waals surface area contributed by atoms with Crippen LogP contribution in [0, 0.1) is 16.7 Å². The van der Waals surface area contributed by atoms with Crippen molar-refractivity contribution in [2.24, 2.45) is 5.41 Å². The second-order valence-electron chi connectivity index (χ2n) is 5.03. The van der Waals surface area contributed by atoms with Gasteiger partial charge in [0.2, 0.25) is 0 Å². The first-order valence-corrected chi connectivity index (χ1v) is 5.74. The van der Waals surface area contributed by atoms with E-state index in [-0.39, 0.29) is 17.6 Å². The summed E-state index contributed by atoms with van der Waals surface area (Å²) in [6.45, 7) is 4.42. The largest absolute Gasteiger partial charge is 0.396 e. The van der Waals surface area contributed by atoms with Gasteiger partial charge in [0, 0.05) is 19.3 Å². The summed E-state index contributed by atoms with van der Waals surface area (Å²) in [5.74, 6) is 0. The zero-order valence-corrected chi connectivity index (χ0v) is 10.6. The summed E-state index contributed by atoms with van der Waals surface area (Å²) in [5, 5.41) is 17.6. The van der Waals surface area contributed by atoms with Crippen LogP contribution >= 0.6 is 0 Å². The molecule has 1 rings (SSSR count). The lowest BCUT2D eigenvalue weighted by molar-refractivity contribution is 0.220. The lowest BCUT2D eigenvalue weighted by Crippen LogP contribution is -2.35. The molecule has 0 amide bonds. The number of aliphatic hydroxyl groups excluding tert-OH is 1. The Kier molecular flexibility index (Phi) is 4.45. The van der Waals surface area contributed by atoms with Gasteiger partial charge in [0.05, 0.1) is 0 Å². The standard InChI is InChI=1S/C12H17N3O3/c1-12(2,4-3-5-16)8-15-7-9(6-13)10(17)14-11(15)18/h7,16H,3-5,8H2,1-2H3,(H,14,17,18). The molecule has 0 bridgehead atoms. The number of nitriles is 1. The van der Waals surface area contributed by atoms with E-state index in [0.717, 1.165) is 6.42 Å². The average Bonchev–Trinajstić information content (AvgIpc) is 2.30. The summed E-state index contributed by atoms with van der Waals surface area (Å²) < 4.78 is 1.33. The van der Waals surface area contributed by atoms with Crippen molar-refractivity contribution < 1.29 is 5.11 Å². The summed E-state index contributed by atoms with van der Waals surface area (Å²) >= 11 is 0. The van der Waals surface area contributed by atoms with Crippen molar-refractivity contribution in [2.45, 2.75) is 33.2 Å². The lowest BCUT2D eigenvalue weighted by Gasteiger charge is -2.25. The third-order valence-corrected chi connectivity index (χ3v) is 2.74. The van der Waals surface area contributed by atoms with E-state index >= 15 is 0 Å². The molecule has 0 saturated heterocycles. The highest BCUT2D eigenvalue weighted by molar-refractivity contribution is 5.21. The number of nitrogens with one attached hydrogen (secondary N) is 1. The van der Waals surface area contributed by atoms with Gasteiger partial charge >= 0.3 is 5.69 Å². The third-order valence-electron chi connectivity index (χ3n) is 2.74. The molecule has 6 heteroatoms. The first-order valence-electron chi connectivity index (χ1n) is 5.74. The fraction of sp³-hybridized carbons (Fsp3) is 0.583. The molecule has 0 aliphatic carbocycles. The lowest BCUT2D eigenvalue weighted by atomic mass is 9.88. The minimum Gasteiger partial charge on any atom is -0.396 e. The van der Waals surface area contributed by atoms with Gasteiger partial charge in [0.1, 0.15) is 11.6 Å². The van der Waals surface area contributed by atoms with Gasteiger partial charge in [0.25, 0.3) is 5.56 Å². The summed E-state index contributed by atoms with van der Waals surface area (Å²) in [6.07, 6.45) is 2.68. The van der Waals surface area contributed by atoms with E-state index in [1.165, 1.54) is 10.8 Å². The predicted octanol–water partition coefficient (Wildman–Crippen LogP) is 0.207. The van der Waals surface area contributed by atoms with E-state index in [2.05, 4.69) is 4.98 Å². The van der Waals surface area contributed by atoms with Gasteiger partial charge in [-0.1, -0.05) is 13.8 Å². The van der Waals surface area contributed by atoms with E-state index < -0.39 is 11.2 Å². The summed E-state index contributed by atoms with van der Waals surface area (Å²) in [7, 11) is 0. The number of hydrogen-bond donors (Lipinski definition) is 2. The maximum absolute atomic E-state index is 11.6. The Morgan fingerprint density at radius 1 is 1.50 bits per heavy atom. The van der Waals surface area contributed by atoms with E-state index in [4.69, 9.17) is 10.4 Å². The number of aromatic nitrogens is 2. The highest BCUT2D eigenvalue weighted by Gasteiger charge is 2.19. The van der Waals surface area contributed by atoms with E-state index in [1.54, 1.807) is 6.07 Å². The van der Waals surface area contributed by atoms with E-state index in [0.29, 0.717) is 13.0 Å². The van der Waals surface area contributed by atoms with Crippen molar-refractivity contribution in [2.75, 3.05) is 6.61 Å². The second kappa shape index (κ2) is 5.65. The first-order chi connectivity index (χ1) is 8.39. The minimum absolute atomic E-state index is 0.0763. The molecule has 0 saturated carbocycles. The molecular formula is C12H17N3O3. The van der Waals surface area contributed by atoms with Crippen LogP contribution in [0.2, 0.25) is 0 Å². The van der Waals surface area contributed by atoms with E-state index in [1.807, 2.05) is 13.8 Å². The van der Waals surface area contributed by atoms with Crippen LogP contribution in [0.1, 0.15) is 32.3 Å². The average molecular weight is 251 g/mol. The fourth-order valence-electron chi connectivity index (χ4n) is 1.80. The molecule has 0 aromatic carbocycles. The minimum atomic E-state index is -0.660. The SMILES string of the molecule is CC(C)(CCCO)Cn1cc(C#N)c(=O)[nH]c1=O. The maximum Gasteiger partial charge on any atom is 0.328 e. The molecule has 0 spiro atoms. The summed E-state index contributed by atoms with van der Waals surface area (Å²) in [4.78, 5) is 25.0. The Labute approximate surface area is 105 Å². The molecule has 6 nitrogen and oxygen atoms in total. The molecular weight excluding hydrogens is 234 g/mol. The van der Waals surface area contributed by atoms with Crippen molar-refractivity contribution in [3.8, 4) is 6.07 Å². The normalized spacial score (nSPS) is 11.2. The number of rotatable bonds is 5. The van der Waals surface area contributed by atoms with Crippen LogP contribution in [0.5, 0.6) is 0 Å². The Balaban J connectivity index is 3.02. The Bertz CT molecular complexity index is 563. The zero-order chi connectivity index (χ0) is 13.8. The first kappa shape index (κ1) is 14.2. The molecule has 98 valence electrons. The molecule has 2 N–H and O–H groups in total. The molecule has 0 radical (unpaired) electrons. The van der Waals surface area contributed by atoms with Gasteiger partial charge in [0.15, 0.2) is 0 Å². The number of hydrogen-bond acceptors (Lipinski definition) is 4. The summed E-state index contributed by atoms with van der Waals surface area (Å²) in [6, 6.07) is 1.75. The smallest absolute Gasteiger partial charge is 0.328 e. The van der Waals surface area contributed by atoms with Crippen molar-refractivity contribution in [1.29, 1.82) is 5.26 Å². The molecule has 1 heterocycles. The Morgan fingerprint density at radius 2 is 2.17 bits per heavy atom. The number of nitrogens with zero attached hydrogens (tertiary/aromatic N) is 2. The van der Waals surface area contributed by atoms with Gasteiger partial charge in [-0.25, -0.2) is 4.79 Å². The zero-order valence-electron chi connectivity index (χ0n) is 10.6. The van der Waals surface area contributed by atoms with Gasteiger partial charge in [-0.2, -0.15) is 5.26 Å². The molecule has 0 aliphatic heterocycles. The van der Waals surface area contributed by atoms with E-state index in [9.17, 15) is 9.59 Å². The van der Waals surface area contributed by atoms with Gasteiger partial charge in [-0.15, -0.1) is 0 Å². The molecule has 0 unspecified atom stereocenters. The van der Waals surface area contributed by atoms with Crippen molar-refractivity contribution in [3.05, 3.63) is 32.6 Å². The van der Waals surface area contributed by atoms with Crippen molar-refractivity contribution in [1.82, 2.24) is 9.55 Å². The van der Waals surface area contributed by atoms with Crippen LogP contribution in [0.4, 0.5) is 0 Å². The second-order valence-corrected chi connectivity index (χ2v) is 5.03. The Hall–Kier alpha value is -1.87. The molecule has 1 aromatic rings. The molecule has 18 heavy (non-hydrogen) atoms. The monoisotopic (exact) mass is 251 g/mol. The molecule has 1 aromatic heterocycles. The number of aliphatic hydroxyl groups is 1. The predicted molar refractivity (Wildman–Crippen MR) is 66.1 cm³/mol. The third kappa shape index (κ3) is 3.57. The maximum atomic E-state index is 11.6. The van der Waals surface area contributed by atoms with Crippen LogP contribution in [-0.4, -0.2) is 21.3 Å². The highest BCUT2D eigenvalue weighted by Crippen LogP contribution is 2.23. The Morgan fingerprint density at radius 3 is 2.72 bits per heavy atom. The number of H-pyrrole nitrogens is 1. The van der Waals surface area contributed by atoms with Crippen LogP contribution in [0.15, 0.2) is 15.8 Å². The van der Waals surface area contributed by atoms with Crippen LogP contribution < -0.4 is 11.2 Å². The quantitative estimate of drug-likeness (QED) is 0.781. The topological polar surface area (TPSA) is 98.9 Å². The highest BCUT2D eigenvalue weighted by atomic mass is 16.3. The number of aromatic amines is 1. The summed E-state index contributed by atoms with van der Waals surface area (Å²) in [5.41, 5.74) is -1.45. The van der Waals surface area contributed by atoms with Gasteiger partial charge in [-0.3, -0.25) is 14.3 Å². The fourth-order valence-corrected chi connectivity index (χ4v) is 1.80.